The van der Waals surface area contributed by atoms with E-state index in [-0.39, 0.29) is 6.61 Å². The lowest BCUT2D eigenvalue weighted by Gasteiger charge is -2.14. The smallest absolute Gasteiger partial charge is 0.0465 e. The second kappa shape index (κ2) is 7.06. The molecule has 0 fully saturated rings. The summed E-state index contributed by atoms with van der Waals surface area (Å²) < 4.78 is 1.25. The van der Waals surface area contributed by atoms with Crippen LogP contribution in [0.3, 0.4) is 0 Å². The fraction of sp³-hybridized carbons (Fsp3) is 0.294. The maximum atomic E-state index is 9.56. The van der Waals surface area contributed by atoms with E-state index in [0.717, 1.165) is 12.8 Å². The summed E-state index contributed by atoms with van der Waals surface area (Å²) in [5, 5.41) is 9.56. The lowest BCUT2D eigenvalue weighted by Crippen LogP contribution is -2.13. The first-order chi connectivity index (χ1) is 9.17. The molecule has 2 heteroatoms. The number of hydrogen-bond donors (Lipinski definition) is 1. The fourth-order valence-corrected chi connectivity index (χ4v) is 2.57. The second-order valence-corrected chi connectivity index (χ2v) is 6.31. The minimum Gasteiger partial charge on any atom is -0.396 e. The van der Waals surface area contributed by atoms with Crippen LogP contribution in [0.4, 0.5) is 0 Å². The van der Waals surface area contributed by atoms with Gasteiger partial charge in [-0.3, -0.25) is 0 Å². The summed E-state index contributed by atoms with van der Waals surface area (Å²) in [5.74, 6) is 0.294. The maximum absolute atomic E-state index is 9.56. The Kier molecular flexibility index (Phi) is 5.40. The van der Waals surface area contributed by atoms with Crippen molar-refractivity contribution in [1.82, 2.24) is 0 Å². The van der Waals surface area contributed by atoms with Gasteiger partial charge >= 0.3 is 0 Å². The number of benzene rings is 2. The van der Waals surface area contributed by atoms with Crippen molar-refractivity contribution in [2.45, 2.75) is 19.8 Å². The summed E-state index contributed by atoms with van der Waals surface area (Å²) in [6, 6.07) is 17.1. The van der Waals surface area contributed by atoms with Crippen LogP contribution >= 0.6 is 22.6 Å². The van der Waals surface area contributed by atoms with E-state index in [1.54, 1.807) is 0 Å². The Morgan fingerprint density at radius 3 is 1.84 bits per heavy atom. The Bertz CT molecular complexity index is 454. The van der Waals surface area contributed by atoms with Crippen LogP contribution in [-0.2, 0) is 12.8 Å². The van der Waals surface area contributed by atoms with Gasteiger partial charge in [-0.25, -0.2) is 0 Å². The highest BCUT2D eigenvalue weighted by atomic mass is 127. The lowest BCUT2D eigenvalue weighted by atomic mass is 9.93. The molecule has 0 aliphatic rings. The number of rotatable bonds is 5. The average Bonchev–Trinajstić information content (AvgIpc) is 2.43. The summed E-state index contributed by atoms with van der Waals surface area (Å²) in [4.78, 5) is 0. The molecular formula is C17H19IO. The van der Waals surface area contributed by atoms with Gasteiger partial charge in [0, 0.05) is 10.2 Å². The van der Waals surface area contributed by atoms with Gasteiger partial charge < -0.3 is 5.11 Å². The molecule has 0 heterocycles. The molecular weight excluding hydrogens is 347 g/mol. The number of aliphatic hydroxyl groups excluding tert-OH is 1. The van der Waals surface area contributed by atoms with E-state index in [4.69, 9.17) is 0 Å². The topological polar surface area (TPSA) is 20.2 Å². The Balaban J connectivity index is 2.00. The molecule has 2 rings (SSSR count). The number of aliphatic hydroxyl groups is 1. The van der Waals surface area contributed by atoms with Crippen molar-refractivity contribution >= 4 is 22.6 Å². The molecule has 0 radical (unpaired) electrons. The van der Waals surface area contributed by atoms with Gasteiger partial charge in [-0.1, -0.05) is 42.0 Å². The van der Waals surface area contributed by atoms with Gasteiger partial charge in [0.15, 0.2) is 0 Å². The Morgan fingerprint density at radius 1 is 0.895 bits per heavy atom. The first-order valence-electron chi connectivity index (χ1n) is 6.58. The SMILES string of the molecule is Cc1ccc(CC(CO)Cc2ccc(I)cc2)cc1. The van der Waals surface area contributed by atoms with Crippen LogP contribution in [0, 0.1) is 16.4 Å². The first kappa shape index (κ1) is 14.5. The average molecular weight is 366 g/mol. The fourth-order valence-electron chi connectivity index (χ4n) is 2.21. The third-order valence-electron chi connectivity index (χ3n) is 3.34. The highest BCUT2D eigenvalue weighted by Crippen LogP contribution is 2.16. The Hall–Kier alpha value is -0.870. The predicted octanol–water partition coefficient (Wildman–Crippen LogP) is 3.99. The standard InChI is InChI=1S/C17H19IO/c1-13-2-4-14(5-3-13)10-16(12-19)11-15-6-8-17(18)9-7-15/h2-9,16,19H,10-12H2,1H3. The molecule has 0 saturated heterocycles. The number of aryl methyl sites for hydroxylation is 1. The number of halogens is 1. The molecule has 0 aliphatic carbocycles. The molecule has 2 aromatic carbocycles. The van der Waals surface area contributed by atoms with Gasteiger partial charge in [-0.2, -0.15) is 0 Å². The van der Waals surface area contributed by atoms with Crippen molar-refractivity contribution < 1.29 is 5.11 Å². The quantitative estimate of drug-likeness (QED) is 0.794. The van der Waals surface area contributed by atoms with Crippen LogP contribution in [0.5, 0.6) is 0 Å². The van der Waals surface area contributed by atoms with Crippen LogP contribution in [0.15, 0.2) is 48.5 Å². The van der Waals surface area contributed by atoms with E-state index in [9.17, 15) is 5.11 Å². The van der Waals surface area contributed by atoms with Gasteiger partial charge in [0.05, 0.1) is 0 Å². The molecule has 0 spiro atoms. The lowest BCUT2D eigenvalue weighted by molar-refractivity contribution is 0.225. The van der Waals surface area contributed by atoms with Gasteiger partial charge in [0.25, 0.3) is 0 Å². The van der Waals surface area contributed by atoms with Crippen molar-refractivity contribution in [2.24, 2.45) is 5.92 Å². The molecule has 1 N–H and O–H groups in total. The molecule has 0 aromatic heterocycles. The van der Waals surface area contributed by atoms with E-state index < -0.39 is 0 Å². The molecule has 1 atom stereocenters. The normalized spacial score (nSPS) is 12.4. The van der Waals surface area contributed by atoms with Crippen LogP contribution in [0.25, 0.3) is 0 Å². The monoisotopic (exact) mass is 366 g/mol. The third-order valence-corrected chi connectivity index (χ3v) is 4.06. The summed E-state index contributed by atoms with van der Waals surface area (Å²) in [6.07, 6.45) is 1.87. The molecule has 0 amide bonds. The summed E-state index contributed by atoms with van der Waals surface area (Å²) in [5.41, 5.74) is 3.88. The molecule has 1 nitrogen and oxygen atoms in total. The Morgan fingerprint density at radius 2 is 1.37 bits per heavy atom. The third kappa shape index (κ3) is 4.62. The van der Waals surface area contributed by atoms with E-state index >= 15 is 0 Å². The number of hydrogen-bond acceptors (Lipinski definition) is 1. The van der Waals surface area contributed by atoms with Gasteiger partial charge in [-0.15, -0.1) is 0 Å². The molecule has 19 heavy (non-hydrogen) atoms. The summed E-state index contributed by atoms with van der Waals surface area (Å²) in [6.45, 7) is 2.33. The molecule has 100 valence electrons. The maximum Gasteiger partial charge on any atom is 0.0465 e. The predicted molar refractivity (Wildman–Crippen MR) is 88.3 cm³/mol. The Labute approximate surface area is 128 Å². The van der Waals surface area contributed by atoms with Gasteiger partial charge in [-0.05, 0) is 71.5 Å². The molecule has 0 aliphatic heterocycles. The van der Waals surface area contributed by atoms with E-state index in [1.165, 1.54) is 20.3 Å². The van der Waals surface area contributed by atoms with Gasteiger partial charge in [0.1, 0.15) is 0 Å². The highest BCUT2D eigenvalue weighted by Gasteiger charge is 2.09. The van der Waals surface area contributed by atoms with Crippen molar-refractivity contribution in [2.75, 3.05) is 6.61 Å². The van der Waals surface area contributed by atoms with Crippen LogP contribution in [0.1, 0.15) is 16.7 Å². The van der Waals surface area contributed by atoms with Crippen LogP contribution in [-0.4, -0.2) is 11.7 Å². The second-order valence-electron chi connectivity index (χ2n) is 5.07. The highest BCUT2D eigenvalue weighted by molar-refractivity contribution is 14.1. The largest absolute Gasteiger partial charge is 0.396 e. The summed E-state index contributed by atoms with van der Waals surface area (Å²) >= 11 is 2.31. The van der Waals surface area contributed by atoms with E-state index in [2.05, 4.69) is 78.0 Å². The zero-order valence-corrected chi connectivity index (χ0v) is 13.3. The minimum atomic E-state index is 0.236. The minimum absolute atomic E-state index is 0.236. The molecule has 0 bridgehead atoms. The molecule has 1 unspecified atom stereocenters. The van der Waals surface area contributed by atoms with Crippen molar-refractivity contribution in [1.29, 1.82) is 0 Å². The van der Waals surface area contributed by atoms with Crippen LogP contribution < -0.4 is 0 Å². The summed E-state index contributed by atoms with van der Waals surface area (Å²) in [7, 11) is 0. The molecule has 0 saturated carbocycles. The van der Waals surface area contributed by atoms with E-state index in [1.807, 2.05) is 0 Å². The van der Waals surface area contributed by atoms with Crippen molar-refractivity contribution in [3.05, 3.63) is 68.8 Å². The zero-order chi connectivity index (χ0) is 13.7. The van der Waals surface area contributed by atoms with Crippen LogP contribution in [0.2, 0.25) is 0 Å². The first-order valence-corrected chi connectivity index (χ1v) is 7.66. The molecule has 2 aromatic rings. The zero-order valence-electron chi connectivity index (χ0n) is 11.1. The van der Waals surface area contributed by atoms with Gasteiger partial charge in [0.2, 0.25) is 0 Å². The van der Waals surface area contributed by atoms with Crippen molar-refractivity contribution in [3.63, 3.8) is 0 Å². The van der Waals surface area contributed by atoms with E-state index in [0.29, 0.717) is 5.92 Å². The van der Waals surface area contributed by atoms with Crippen molar-refractivity contribution in [3.8, 4) is 0 Å².